The van der Waals surface area contributed by atoms with Crippen LogP contribution in [0.5, 0.6) is 0 Å². The molecule has 0 atom stereocenters. The van der Waals surface area contributed by atoms with Gasteiger partial charge in [0.1, 0.15) is 5.82 Å². The van der Waals surface area contributed by atoms with Crippen LogP contribution in [0, 0.1) is 17.0 Å². The minimum absolute atomic E-state index is 0.00426. The monoisotopic (exact) mass is 419 g/mol. The first-order chi connectivity index (χ1) is 13.7. The maximum absolute atomic E-state index is 12.0. The van der Waals surface area contributed by atoms with E-state index in [-0.39, 0.29) is 11.7 Å². The van der Waals surface area contributed by atoms with Crippen LogP contribution in [-0.2, 0) is 10.0 Å². The molecule has 0 spiro atoms. The molecule has 3 rings (SSSR count). The number of hydrogen-bond acceptors (Lipinski definition) is 7. The van der Waals surface area contributed by atoms with Crippen LogP contribution in [0.25, 0.3) is 11.4 Å². The van der Waals surface area contributed by atoms with Crippen LogP contribution < -0.4 is 4.90 Å². The smallest absolute Gasteiger partial charge is 0.270 e. The number of non-ortho nitro benzene ring substituents is 1. The fraction of sp³-hybridized carbons (Fsp3) is 0.474. The van der Waals surface area contributed by atoms with E-state index in [4.69, 9.17) is 0 Å². The van der Waals surface area contributed by atoms with E-state index in [0.717, 1.165) is 24.4 Å². The van der Waals surface area contributed by atoms with E-state index in [1.807, 2.05) is 19.9 Å². The number of aryl methyl sites for hydroxylation is 1. The van der Waals surface area contributed by atoms with Crippen molar-refractivity contribution in [1.29, 1.82) is 0 Å². The predicted molar refractivity (Wildman–Crippen MR) is 111 cm³/mol. The Labute approximate surface area is 170 Å². The second kappa shape index (κ2) is 8.42. The molecule has 2 heterocycles. The highest BCUT2D eigenvalue weighted by molar-refractivity contribution is 7.88. The normalized spacial score (nSPS) is 15.7. The minimum Gasteiger partial charge on any atom is -0.356 e. The number of benzene rings is 1. The second-order valence-corrected chi connectivity index (χ2v) is 9.12. The highest BCUT2D eigenvalue weighted by Crippen LogP contribution is 2.26. The van der Waals surface area contributed by atoms with Crippen molar-refractivity contribution in [3.05, 3.63) is 46.1 Å². The van der Waals surface area contributed by atoms with E-state index >= 15 is 0 Å². The Hall–Kier alpha value is -2.59. The van der Waals surface area contributed by atoms with E-state index in [1.165, 1.54) is 18.4 Å². The summed E-state index contributed by atoms with van der Waals surface area (Å²) >= 11 is 0. The molecule has 0 bridgehead atoms. The van der Waals surface area contributed by atoms with E-state index in [1.54, 1.807) is 16.4 Å². The van der Waals surface area contributed by atoms with Gasteiger partial charge in [-0.25, -0.2) is 18.4 Å². The molecule has 0 amide bonds. The Morgan fingerprint density at radius 2 is 1.93 bits per heavy atom. The van der Waals surface area contributed by atoms with Gasteiger partial charge in [0.05, 0.1) is 11.2 Å². The van der Waals surface area contributed by atoms with Crippen molar-refractivity contribution in [1.82, 2.24) is 14.3 Å². The van der Waals surface area contributed by atoms with Gasteiger partial charge < -0.3 is 4.90 Å². The third-order valence-corrected chi connectivity index (χ3v) is 6.50. The second-order valence-electron chi connectivity index (χ2n) is 7.18. The highest BCUT2D eigenvalue weighted by Gasteiger charge is 2.29. The van der Waals surface area contributed by atoms with Crippen LogP contribution in [0.4, 0.5) is 11.5 Å². The summed E-state index contributed by atoms with van der Waals surface area (Å²) in [5, 5.41) is 11.1. The summed E-state index contributed by atoms with van der Waals surface area (Å²) in [4.78, 5) is 21.8. The number of rotatable bonds is 6. The maximum atomic E-state index is 12.0. The van der Waals surface area contributed by atoms with Crippen LogP contribution in [0.15, 0.2) is 30.3 Å². The first-order valence-electron chi connectivity index (χ1n) is 9.51. The molecule has 10 heteroatoms. The van der Waals surface area contributed by atoms with E-state index < -0.39 is 14.9 Å². The molecule has 2 aromatic rings. The summed E-state index contributed by atoms with van der Waals surface area (Å²) in [7, 11) is -3.22. The summed E-state index contributed by atoms with van der Waals surface area (Å²) in [6, 6.07) is 8.15. The zero-order valence-corrected chi connectivity index (χ0v) is 17.6. The van der Waals surface area contributed by atoms with Gasteiger partial charge >= 0.3 is 0 Å². The number of nitrogens with zero attached hydrogens (tertiary/aromatic N) is 5. The van der Waals surface area contributed by atoms with Gasteiger partial charge in [-0.1, -0.05) is 19.1 Å². The Morgan fingerprint density at radius 3 is 2.52 bits per heavy atom. The molecular formula is C19H25N5O4S. The molecule has 156 valence electrons. The van der Waals surface area contributed by atoms with Gasteiger partial charge in [-0.3, -0.25) is 10.1 Å². The first-order valence-corrected chi connectivity index (χ1v) is 11.4. The van der Waals surface area contributed by atoms with Crippen LogP contribution in [-0.4, -0.2) is 59.5 Å². The van der Waals surface area contributed by atoms with Gasteiger partial charge in [-0.2, -0.15) is 4.31 Å². The van der Waals surface area contributed by atoms with Crippen molar-refractivity contribution in [2.45, 2.75) is 32.7 Å². The summed E-state index contributed by atoms with van der Waals surface area (Å²) in [5.74, 6) is 1.19. The Morgan fingerprint density at radius 1 is 1.24 bits per heavy atom. The van der Waals surface area contributed by atoms with Crippen molar-refractivity contribution >= 4 is 21.5 Å². The Balaban J connectivity index is 1.81. The molecule has 1 fully saturated rings. The van der Waals surface area contributed by atoms with Crippen LogP contribution in [0.3, 0.4) is 0 Å². The van der Waals surface area contributed by atoms with Crippen molar-refractivity contribution in [2.24, 2.45) is 0 Å². The lowest BCUT2D eigenvalue weighted by Gasteiger charge is -2.37. The van der Waals surface area contributed by atoms with Gasteiger partial charge in [0.2, 0.25) is 10.0 Å². The summed E-state index contributed by atoms with van der Waals surface area (Å²) in [6.45, 7) is 5.55. The molecule has 9 nitrogen and oxygen atoms in total. The molecule has 0 unspecified atom stereocenters. The van der Waals surface area contributed by atoms with Crippen molar-refractivity contribution in [2.75, 3.05) is 30.8 Å². The number of nitro benzene ring substituents is 1. The fourth-order valence-corrected chi connectivity index (χ4v) is 4.97. The number of hydrogen-bond donors (Lipinski definition) is 0. The SMILES string of the molecule is CCN(C1CCN(c2cc(C)nc(-c3cccc([N+](=O)[O-])c3)n2)CC1)S(C)(=O)=O. The Kier molecular flexibility index (Phi) is 6.13. The van der Waals surface area contributed by atoms with Gasteiger partial charge in [0.25, 0.3) is 5.69 Å². The summed E-state index contributed by atoms with van der Waals surface area (Å²) in [6.07, 6.45) is 2.69. The van der Waals surface area contributed by atoms with E-state index in [9.17, 15) is 18.5 Å². The van der Waals surface area contributed by atoms with Gasteiger partial charge in [-0.15, -0.1) is 0 Å². The largest absolute Gasteiger partial charge is 0.356 e. The molecule has 1 aromatic heterocycles. The number of piperidine rings is 1. The molecule has 0 aliphatic carbocycles. The Bertz CT molecular complexity index is 1000. The fourth-order valence-electron chi connectivity index (χ4n) is 3.75. The molecule has 0 radical (unpaired) electrons. The molecule has 29 heavy (non-hydrogen) atoms. The molecule has 1 aliphatic heterocycles. The quantitative estimate of drug-likeness (QED) is 0.523. The molecular weight excluding hydrogens is 394 g/mol. The van der Waals surface area contributed by atoms with Crippen LogP contribution in [0.2, 0.25) is 0 Å². The number of sulfonamides is 1. The third-order valence-electron chi connectivity index (χ3n) is 5.09. The number of aromatic nitrogens is 2. The van der Waals surface area contributed by atoms with E-state index in [0.29, 0.717) is 31.0 Å². The zero-order chi connectivity index (χ0) is 21.2. The standard InChI is InChI=1S/C19H25N5O4S/c1-4-23(29(3,27)28)16-8-10-22(11-9-16)18-12-14(2)20-19(21-18)15-6-5-7-17(13-15)24(25)26/h5-7,12-13,16H,4,8-11H2,1-3H3. The zero-order valence-electron chi connectivity index (χ0n) is 16.8. The molecule has 0 N–H and O–H groups in total. The molecule has 1 aromatic carbocycles. The lowest BCUT2D eigenvalue weighted by atomic mass is 10.0. The summed E-state index contributed by atoms with van der Waals surface area (Å²) in [5.41, 5.74) is 1.36. The van der Waals surface area contributed by atoms with Gasteiger partial charge in [-0.05, 0) is 19.8 Å². The first kappa shape index (κ1) is 21.1. The van der Waals surface area contributed by atoms with Crippen molar-refractivity contribution in [3.8, 4) is 11.4 Å². The maximum Gasteiger partial charge on any atom is 0.270 e. The summed E-state index contributed by atoms with van der Waals surface area (Å²) < 4.78 is 25.5. The topological polar surface area (TPSA) is 110 Å². The lowest BCUT2D eigenvalue weighted by molar-refractivity contribution is -0.384. The van der Waals surface area contributed by atoms with Crippen LogP contribution >= 0.6 is 0 Å². The average molecular weight is 420 g/mol. The predicted octanol–water partition coefficient (Wildman–Crippen LogP) is 2.61. The van der Waals surface area contributed by atoms with Gasteiger partial charge in [0, 0.05) is 55.1 Å². The third kappa shape index (κ3) is 4.88. The minimum atomic E-state index is -3.22. The average Bonchev–Trinajstić information content (AvgIpc) is 2.67. The number of nitro groups is 1. The highest BCUT2D eigenvalue weighted by atomic mass is 32.2. The van der Waals surface area contributed by atoms with Crippen LogP contribution in [0.1, 0.15) is 25.5 Å². The molecule has 0 saturated carbocycles. The van der Waals surface area contributed by atoms with Gasteiger partial charge in [0.15, 0.2) is 5.82 Å². The number of anilines is 1. The lowest BCUT2D eigenvalue weighted by Crippen LogP contribution is -2.47. The van der Waals surface area contributed by atoms with E-state index in [2.05, 4.69) is 14.9 Å². The van der Waals surface area contributed by atoms with Crippen molar-refractivity contribution in [3.63, 3.8) is 0 Å². The van der Waals surface area contributed by atoms with Crippen molar-refractivity contribution < 1.29 is 13.3 Å². The molecule has 1 saturated heterocycles. The molecule has 1 aliphatic rings.